The summed E-state index contributed by atoms with van der Waals surface area (Å²) in [5.41, 5.74) is 10.1. The van der Waals surface area contributed by atoms with Crippen LogP contribution in [0.3, 0.4) is 0 Å². The molecule has 0 bridgehead atoms. The molecule has 1 aromatic heterocycles. The minimum Gasteiger partial charge on any atom is -0.465 e. The first kappa shape index (κ1) is 18.1. The number of nitrogens with one attached hydrogen (secondary N) is 1. The van der Waals surface area contributed by atoms with E-state index in [9.17, 15) is 9.59 Å². The van der Waals surface area contributed by atoms with Gasteiger partial charge in [-0.1, -0.05) is 48.5 Å². The molecule has 0 fully saturated rings. The van der Waals surface area contributed by atoms with Crippen molar-refractivity contribution in [2.45, 2.75) is 12.8 Å². The number of carbonyl (C=O) groups is 2. The minimum atomic E-state index is -1.17. The molecule has 3 rings (SSSR count). The largest absolute Gasteiger partial charge is 0.465 e. The average molecular weight is 361 g/mol. The molecule has 0 unspecified atom stereocenters. The highest BCUT2D eigenvalue weighted by molar-refractivity contribution is 5.83. The van der Waals surface area contributed by atoms with Crippen LogP contribution in [0.25, 0.3) is 22.3 Å². The Kier molecular flexibility index (Phi) is 5.47. The zero-order chi connectivity index (χ0) is 19.2. The summed E-state index contributed by atoms with van der Waals surface area (Å²) >= 11 is 0. The van der Waals surface area contributed by atoms with E-state index in [4.69, 9.17) is 10.8 Å². The number of rotatable bonds is 6. The molecule has 6 heteroatoms. The summed E-state index contributed by atoms with van der Waals surface area (Å²) in [6.07, 6.45) is 1.10. The van der Waals surface area contributed by atoms with Crippen molar-refractivity contribution >= 4 is 17.8 Å². The number of carbonyl (C=O) groups excluding carboxylic acids is 1. The highest BCUT2D eigenvalue weighted by Crippen LogP contribution is 2.30. The molecule has 4 N–H and O–H groups in total. The summed E-state index contributed by atoms with van der Waals surface area (Å²) in [5.74, 6) is -0.123. The lowest BCUT2D eigenvalue weighted by Gasteiger charge is -2.13. The highest BCUT2D eigenvalue weighted by atomic mass is 16.4. The molecule has 0 radical (unpaired) electrons. The van der Waals surface area contributed by atoms with Gasteiger partial charge in [-0.25, -0.2) is 9.78 Å². The first-order chi connectivity index (χ1) is 13.0. The third-order valence-corrected chi connectivity index (χ3v) is 4.16. The van der Waals surface area contributed by atoms with Crippen molar-refractivity contribution in [3.05, 3.63) is 72.4 Å². The van der Waals surface area contributed by atoms with E-state index >= 15 is 0 Å². The van der Waals surface area contributed by atoms with Crippen molar-refractivity contribution in [1.29, 1.82) is 0 Å². The molecular weight excluding hydrogens is 342 g/mol. The van der Waals surface area contributed by atoms with Crippen LogP contribution in [0.2, 0.25) is 0 Å². The van der Waals surface area contributed by atoms with E-state index in [-0.39, 0.29) is 18.1 Å². The number of aromatic nitrogens is 1. The Morgan fingerprint density at radius 2 is 1.74 bits per heavy atom. The Morgan fingerprint density at radius 1 is 0.963 bits per heavy atom. The number of nitrogens with zero attached hydrogens (tertiary/aromatic N) is 1. The lowest BCUT2D eigenvalue weighted by Crippen LogP contribution is -2.11. The maximum absolute atomic E-state index is 11.3. The van der Waals surface area contributed by atoms with Crippen molar-refractivity contribution in [2.75, 3.05) is 5.32 Å². The van der Waals surface area contributed by atoms with Gasteiger partial charge in [0.25, 0.3) is 0 Å². The molecule has 0 saturated carbocycles. The molecule has 0 aliphatic rings. The fraction of sp³-hybridized carbons (Fsp3) is 0.0952. The second-order valence-electron chi connectivity index (χ2n) is 6.06. The van der Waals surface area contributed by atoms with E-state index < -0.39 is 6.09 Å². The smallest absolute Gasteiger partial charge is 0.410 e. The Labute approximate surface area is 156 Å². The molecule has 3 aromatic rings. The molecule has 0 saturated heterocycles. The molecule has 0 aliphatic carbocycles. The van der Waals surface area contributed by atoms with Crippen LogP contribution in [0, 0.1) is 0 Å². The number of hydrogen-bond acceptors (Lipinski definition) is 3. The molecule has 0 atom stereocenters. The van der Waals surface area contributed by atoms with Gasteiger partial charge in [-0.05, 0) is 46.4 Å². The van der Waals surface area contributed by atoms with Crippen molar-refractivity contribution in [3.63, 3.8) is 0 Å². The lowest BCUT2D eigenvalue weighted by atomic mass is 9.93. The summed E-state index contributed by atoms with van der Waals surface area (Å²) in [4.78, 5) is 26.2. The van der Waals surface area contributed by atoms with Crippen LogP contribution < -0.4 is 11.1 Å². The molecule has 1 heterocycles. The predicted octanol–water partition coefficient (Wildman–Crippen LogP) is 3.92. The van der Waals surface area contributed by atoms with Gasteiger partial charge in [-0.2, -0.15) is 0 Å². The topological polar surface area (TPSA) is 105 Å². The zero-order valence-corrected chi connectivity index (χ0v) is 14.6. The number of carboxylic acid groups (broad SMARTS) is 1. The lowest BCUT2D eigenvalue weighted by molar-refractivity contribution is -0.117. The average Bonchev–Trinajstić information content (AvgIpc) is 2.66. The number of amides is 2. The van der Waals surface area contributed by atoms with Gasteiger partial charge in [0.05, 0.1) is 0 Å². The predicted molar refractivity (Wildman–Crippen MR) is 104 cm³/mol. The number of benzene rings is 2. The van der Waals surface area contributed by atoms with Crippen LogP contribution in [0.1, 0.15) is 12.0 Å². The fourth-order valence-corrected chi connectivity index (χ4v) is 2.93. The Morgan fingerprint density at radius 3 is 2.44 bits per heavy atom. The van der Waals surface area contributed by atoms with Crippen LogP contribution in [0.15, 0.2) is 66.9 Å². The Hall–Kier alpha value is -3.67. The maximum Gasteiger partial charge on any atom is 0.410 e. The molecule has 0 spiro atoms. The van der Waals surface area contributed by atoms with Gasteiger partial charge in [0.1, 0.15) is 5.82 Å². The Balaban J connectivity index is 2.03. The van der Waals surface area contributed by atoms with Crippen LogP contribution in [0.5, 0.6) is 0 Å². The van der Waals surface area contributed by atoms with Gasteiger partial charge in [0.15, 0.2) is 0 Å². The van der Waals surface area contributed by atoms with E-state index in [1.807, 2.05) is 48.5 Å². The van der Waals surface area contributed by atoms with Crippen molar-refractivity contribution in [3.8, 4) is 22.3 Å². The van der Waals surface area contributed by atoms with Crippen molar-refractivity contribution in [1.82, 2.24) is 4.98 Å². The van der Waals surface area contributed by atoms with Gasteiger partial charge in [-0.3, -0.25) is 10.1 Å². The third-order valence-electron chi connectivity index (χ3n) is 4.16. The number of primary amides is 1. The first-order valence-electron chi connectivity index (χ1n) is 8.46. The standard InChI is InChI=1S/C21H19N3O3/c22-19(25)9-7-16-12-15(14-4-2-1-3-5-14)6-8-18(16)17-10-11-23-20(13-17)24-21(26)27/h1-6,8,10-13H,7,9H2,(H2,22,25)(H,23,24)(H,26,27). The molecule has 2 amide bonds. The summed E-state index contributed by atoms with van der Waals surface area (Å²) in [7, 11) is 0. The van der Waals surface area contributed by atoms with Crippen LogP contribution in [-0.4, -0.2) is 22.1 Å². The summed E-state index contributed by atoms with van der Waals surface area (Å²) in [6, 6.07) is 19.4. The van der Waals surface area contributed by atoms with Gasteiger partial charge >= 0.3 is 6.09 Å². The third kappa shape index (κ3) is 4.70. The van der Waals surface area contributed by atoms with Gasteiger partial charge in [0.2, 0.25) is 5.91 Å². The van der Waals surface area contributed by atoms with E-state index in [0.29, 0.717) is 6.42 Å². The van der Waals surface area contributed by atoms with Crippen LogP contribution in [0.4, 0.5) is 10.6 Å². The number of hydrogen-bond donors (Lipinski definition) is 3. The molecule has 2 aromatic carbocycles. The second kappa shape index (κ2) is 8.14. The molecular formula is C21H19N3O3. The summed E-state index contributed by atoms with van der Waals surface area (Å²) < 4.78 is 0. The normalized spacial score (nSPS) is 10.4. The summed E-state index contributed by atoms with van der Waals surface area (Å²) in [5, 5.41) is 11.1. The number of aryl methyl sites for hydroxylation is 1. The molecule has 6 nitrogen and oxygen atoms in total. The monoisotopic (exact) mass is 361 g/mol. The second-order valence-corrected chi connectivity index (χ2v) is 6.06. The first-order valence-corrected chi connectivity index (χ1v) is 8.46. The minimum absolute atomic E-state index is 0.233. The summed E-state index contributed by atoms with van der Waals surface area (Å²) in [6.45, 7) is 0. The van der Waals surface area contributed by atoms with Crippen molar-refractivity contribution < 1.29 is 14.7 Å². The van der Waals surface area contributed by atoms with E-state index in [0.717, 1.165) is 27.8 Å². The van der Waals surface area contributed by atoms with Crippen molar-refractivity contribution in [2.24, 2.45) is 5.73 Å². The van der Waals surface area contributed by atoms with Crippen LogP contribution >= 0.6 is 0 Å². The van der Waals surface area contributed by atoms with E-state index in [2.05, 4.69) is 10.3 Å². The van der Waals surface area contributed by atoms with Gasteiger partial charge < -0.3 is 10.8 Å². The van der Waals surface area contributed by atoms with Gasteiger partial charge in [-0.15, -0.1) is 0 Å². The zero-order valence-electron chi connectivity index (χ0n) is 14.6. The molecule has 136 valence electrons. The number of pyridine rings is 1. The molecule has 0 aliphatic heterocycles. The molecule has 27 heavy (non-hydrogen) atoms. The van der Waals surface area contributed by atoms with Gasteiger partial charge in [0, 0.05) is 12.6 Å². The number of anilines is 1. The van der Waals surface area contributed by atoms with E-state index in [1.54, 1.807) is 18.3 Å². The Bertz CT molecular complexity index is 971. The quantitative estimate of drug-likeness (QED) is 0.618. The van der Waals surface area contributed by atoms with E-state index in [1.165, 1.54) is 0 Å². The number of nitrogens with two attached hydrogens (primary N) is 1. The SMILES string of the molecule is NC(=O)CCc1cc(-c2ccccc2)ccc1-c1ccnc(NC(=O)O)c1. The maximum atomic E-state index is 11.3. The van der Waals surface area contributed by atoms with Crippen LogP contribution in [-0.2, 0) is 11.2 Å². The highest BCUT2D eigenvalue weighted by Gasteiger charge is 2.11. The fourth-order valence-electron chi connectivity index (χ4n) is 2.93.